The largest absolute Gasteiger partial charge is 1.00 e. The van der Waals surface area contributed by atoms with Crippen molar-refractivity contribution < 1.29 is 87.3 Å². The zero-order valence-corrected chi connectivity index (χ0v) is 31.2. The third kappa shape index (κ3) is 13.7. The van der Waals surface area contributed by atoms with Crippen LogP contribution in [0.5, 0.6) is 17.2 Å². The van der Waals surface area contributed by atoms with Gasteiger partial charge in [0.2, 0.25) is 0 Å². The van der Waals surface area contributed by atoms with Crippen molar-refractivity contribution in [3.63, 3.8) is 0 Å². The van der Waals surface area contributed by atoms with Crippen LogP contribution in [0.4, 0.5) is 0 Å². The van der Waals surface area contributed by atoms with Crippen molar-refractivity contribution in [2.24, 2.45) is 0 Å². The summed E-state index contributed by atoms with van der Waals surface area (Å²) < 4.78 is 34.6. The number of rotatable bonds is 11. The molecule has 3 rings (SSSR count). The number of carbonyl (C=O) groups excluding carboxylic acids is 2. The fourth-order valence-electron chi connectivity index (χ4n) is 3.80. The van der Waals surface area contributed by atoms with Gasteiger partial charge in [0, 0.05) is 36.2 Å². The molecule has 0 amide bonds. The molecule has 0 aromatic heterocycles. The van der Waals surface area contributed by atoms with Crippen molar-refractivity contribution in [1.29, 1.82) is 0 Å². The van der Waals surface area contributed by atoms with E-state index in [2.05, 4.69) is 25.4 Å². The standard InChI is InChI=1S/C11H14O4.C10H11BrO3.C10H12O4.CH3O.Na/c1-13-7-9-8(11(12)15-3)5-4-6-10(9)14-2;1-13-9-5-3-4-7(8(9)6-11)10(12)14-2;1-13-6-8-7(10(11)12)4-3-5-9(8)14-2;1-2;/h4-6H,7H2,1-3H3;3-5H,6H2,1-2H3;3-5H,6H2,1-2H3,(H,11,12);1H3;/q;;;-1;+1. The molecular weight excluding hydrogens is 679 g/mol. The second-order valence-electron chi connectivity index (χ2n) is 8.25. The molecule has 0 heterocycles. The van der Waals surface area contributed by atoms with E-state index in [1.807, 2.05) is 6.07 Å². The van der Waals surface area contributed by atoms with Gasteiger partial charge in [-0.05, 0) is 36.4 Å². The van der Waals surface area contributed by atoms with Crippen molar-refractivity contribution in [1.82, 2.24) is 0 Å². The minimum atomic E-state index is -0.976. The predicted molar refractivity (Wildman–Crippen MR) is 169 cm³/mol. The molecule has 0 radical (unpaired) electrons. The monoisotopic (exact) mass is 718 g/mol. The minimum Gasteiger partial charge on any atom is -0.857 e. The topological polar surface area (TPSA) is 159 Å². The Bertz CT molecular complexity index is 1350. The van der Waals surface area contributed by atoms with Crippen molar-refractivity contribution >= 4 is 33.8 Å². The zero-order chi connectivity index (χ0) is 34.4. The maximum absolute atomic E-state index is 11.4. The van der Waals surface area contributed by atoms with Crippen LogP contribution in [0, 0.1) is 0 Å². The van der Waals surface area contributed by atoms with Gasteiger partial charge in [-0.15, -0.1) is 0 Å². The first-order valence-electron chi connectivity index (χ1n) is 13.0. The molecule has 3 aromatic rings. The van der Waals surface area contributed by atoms with Crippen molar-refractivity contribution in [2.75, 3.05) is 56.9 Å². The molecule has 1 N–H and O–H groups in total. The first-order chi connectivity index (χ1) is 21.7. The molecule has 0 atom stereocenters. The van der Waals surface area contributed by atoms with Crippen molar-refractivity contribution in [3.8, 4) is 17.2 Å². The van der Waals surface area contributed by atoms with E-state index < -0.39 is 5.97 Å². The van der Waals surface area contributed by atoms with Crippen LogP contribution in [0.15, 0.2) is 54.6 Å². The van der Waals surface area contributed by atoms with E-state index in [0.717, 1.165) is 12.7 Å². The Labute approximate surface area is 300 Å². The number of halogens is 1. The maximum Gasteiger partial charge on any atom is 1.00 e. The van der Waals surface area contributed by atoms with E-state index >= 15 is 0 Å². The molecule has 14 heteroatoms. The molecule has 3 aromatic carbocycles. The van der Waals surface area contributed by atoms with Crippen molar-refractivity contribution in [3.05, 3.63) is 88.0 Å². The van der Waals surface area contributed by atoms with E-state index in [9.17, 15) is 14.4 Å². The van der Waals surface area contributed by atoms with E-state index in [-0.39, 0.29) is 53.7 Å². The first-order valence-corrected chi connectivity index (χ1v) is 14.1. The van der Waals surface area contributed by atoms with E-state index in [4.69, 9.17) is 33.9 Å². The van der Waals surface area contributed by atoms with Gasteiger partial charge in [0.15, 0.2) is 0 Å². The number of hydrogen-bond acceptors (Lipinski definition) is 11. The average molecular weight is 720 g/mol. The quantitative estimate of drug-likeness (QED) is 0.173. The molecule has 12 nitrogen and oxygen atoms in total. The van der Waals surface area contributed by atoms with Gasteiger partial charge in [-0.3, -0.25) is 0 Å². The number of carboxylic acids is 1. The number of aromatic carboxylic acids is 1. The molecule has 248 valence electrons. The Morgan fingerprint density at radius 3 is 1.24 bits per heavy atom. The molecule has 0 fully saturated rings. The van der Waals surface area contributed by atoms with Gasteiger partial charge in [-0.25, -0.2) is 14.4 Å². The van der Waals surface area contributed by atoms with Crippen LogP contribution >= 0.6 is 15.9 Å². The third-order valence-electron chi connectivity index (χ3n) is 5.81. The molecule has 0 bridgehead atoms. The van der Waals surface area contributed by atoms with Crippen LogP contribution in [0.2, 0.25) is 0 Å². The van der Waals surface area contributed by atoms with E-state index in [0.29, 0.717) is 51.4 Å². The van der Waals surface area contributed by atoms with Crippen LogP contribution in [-0.4, -0.2) is 79.9 Å². The Morgan fingerprint density at radius 1 is 0.609 bits per heavy atom. The molecule has 0 aliphatic rings. The molecule has 0 aliphatic heterocycles. The molecule has 0 spiro atoms. The number of methoxy groups -OCH3 is 7. The second-order valence-corrected chi connectivity index (χ2v) is 8.81. The maximum atomic E-state index is 11.4. The van der Waals surface area contributed by atoms with Gasteiger partial charge in [-0.2, -0.15) is 7.11 Å². The number of esters is 2. The molecule has 0 unspecified atom stereocenters. The first kappa shape index (κ1) is 45.0. The fourth-order valence-corrected chi connectivity index (χ4v) is 4.38. The zero-order valence-electron chi connectivity index (χ0n) is 27.6. The van der Waals surface area contributed by atoms with Crippen LogP contribution in [0.1, 0.15) is 47.8 Å². The average Bonchev–Trinajstić information content (AvgIpc) is 3.08. The van der Waals surface area contributed by atoms with Crippen LogP contribution in [-0.2, 0) is 37.5 Å². The van der Waals surface area contributed by atoms with Gasteiger partial charge >= 0.3 is 47.5 Å². The minimum absolute atomic E-state index is 0. The van der Waals surface area contributed by atoms with Gasteiger partial charge in [-0.1, -0.05) is 34.1 Å². The number of ether oxygens (including phenoxy) is 7. The van der Waals surface area contributed by atoms with Crippen molar-refractivity contribution in [2.45, 2.75) is 18.5 Å². The summed E-state index contributed by atoms with van der Waals surface area (Å²) in [5, 5.41) is 17.7. The summed E-state index contributed by atoms with van der Waals surface area (Å²) >= 11 is 3.31. The number of benzene rings is 3. The van der Waals surface area contributed by atoms with Gasteiger partial charge in [0.05, 0.1) is 65.5 Å². The molecule has 0 aliphatic carbocycles. The number of alkyl halides is 1. The summed E-state index contributed by atoms with van der Waals surface area (Å²) in [6, 6.07) is 15.4. The summed E-state index contributed by atoms with van der Waals surface area (Å²) in [5.41, 5.74) is 3.29. The third-order valence-corrected chi connectivity index (χ3v) is 6.37. The Kier molecular flexibility index (Phi) is 25.4. The van der Waals surface area contributed by atoms with E-state index in [1.165, 1.54) is 34.5 Å². The second kappa shape index (κ2) is 26.0. The number of hydrogen-bond donors (Lipinski definition) is 1. The SMILES string of the molecule is COC(=O)c1cccc(OC)c1CBr.COCc1c(OC)cccc1C(=O)O.COCc1c(OC)cccc1C(=O)OC.C[O-].[Na+]. The molecular formula is C32H40BrNaO12. The van der Waals surface area contributed by atoms with E-state index in [1.54, 1.807) is 63.8 Å². The van der Waals surface area contributed by atoms with Crippen LogP contribution < -0.4 is 48.9 Å². The summed E-state index contributed by atoms with van der Waals surface area (Å²) in [6.07, 6.45) is 0. The van der Waals surface area contributed by atoms with Crippen LogP contribution in [0.3, 0.4) is 0 Å². The smallest absolute Gasteiger partial charge is 0.857 e. The Balaban J connectivity index is 0. The molecule has 0 saturated heterocycles. The van der Waals surface area contributed by atoms with Crippen LogP contribution in [0.25, 0.3) is 0 Å². The molecule has 0 saturated carbocycles. The normalized spacial score (nSPS) is 9.26. The summed E-state index contributed by atoms with van der Waals surface area (Å²) in [7, 11) is 11.2. The summed E-state index contributed by atoms with van der Waals surface area (Å²) in [4.78, 5) is 33.7. The van der Waals surface area contributed by atoms with Gasteiger partial charge in [0.1, 0.15) is 17.2 Å². The summed E-state index contributed by atoms with van der Waals surface area (Å²) in [5.74, 6) is 0.131. The Hall–Kier alpha value is -3.17. The fraction of sp³-hybridized carbons (Fsp3) is 0.344. The van der Waals surface area contributed by atoms with Gasteiger partial charge in [0.25, 0.3) is 0 Å². The number of carboxylic acid groups (broad SMARTS) is 1. The predicted octanol–water partition coefficient (Wildman–Crippen LogP) is 1.53. The van der Waals surface area contributed by atoms with Gasteiger partial charge < -0.3 is 43.4 Å². The summed E-state index contributed by atoms with van der Waals surface area (Å²) in [6.45, 7) is 0.542. The Morgan fingerprint density at radius 2 is 0.935 bits per heavy atom. The number of carbonyl (C=O) groups is 3. The molecule has 46 heavy (non-hydrogen) atoms.